The number of nitrogens with zero attached hydrogens (tertiary/aromatic N) is 3. The molecule has 2 N–H and O–H groups in total. The molecule has 0 atom stereocenters. The number of imidazole rings is 1. The molecule has 0 spiro atoms. The van der Waals surface area contributed by atoms with E-state index in [1.54, 1.807) is 12.3 Å². The van der Waals surface area contributed by atoms with Crippen molar-refractivity contribution < 1.29 is 13.6 Å². The standard InChI is InChI=1S/C24H19F2N5OS/c1-2-9-33-30-18-7-6-17(25)21(22(18)26)23(32)16-12-28-24-15(16)10-14(11-27-24)19-13-31-8-4-3-5-20(31)29-19/h3-8,10-13,30H,2,9H2,1H3,(H,27,28). The van der Waals surface area contributed by atoms with Crippen molar-refractivity contribution in [1.82, 2.24) is 19.4 Å². The van der Waals surface area contributed by atoms with Gasteiger partial charge in [-0.3, -0.25) is 4.79 Å². The largest absolute Gasteiger partial charge is 0.345 e. The van der Waals surface area contributed by atoms with E-state index in [0.29, 0.717) is 22.3 Å². The van der Waals surface area contributed by atoms with Crippen molar-refractivity contribution in [1.29, 1.82) is 0 Å². The Morgan fingerprint density at radius 1 is 1.24 bits per heavy atom. The smallest absolute Gasteiger partial charge is 0.201 e. The third-order valence-electron chi connectivity index (χ3n) is 5.24. The highest BCUT2D eigenvalue weighted by molar-refractivity contribution is 8.00. The van der Waals surface area contributed by atoms with Crippen LogP contribution in [-0.2, 0) is 0 Å². The molecule has 9 heteroatoms. The third kappa shape index (κ3) is 3.84. The Hall–Kier alpha value is -3.72. The topological polar surface area (TPSA) is 75.1 Å². The highest BCUT2D eigenvalue weighted by Crippen LogP contribution is 2.30. The van der Waals surface area contributed by atoms with E-state index in [4.69, 9.17) is 0 Å². The number of fused-ring (bicyclic) bond motifs is 2. The summed E-state index contributed by atoms with van der Waals surface area (Å²) in [6, 6.07) is 9.82. The summed E-state index contributed by atoms with van der Waals surface area (Å²) in [4.78, 5) is 25.1. The van der Waals surface area contributed by atoms with Gasteiger partial charge in [0.2, 0.25) is 5.78 Å². The minimum absolute atomic E-state index is 0.0709. The minimum atomic E-state index is -0.914. The highest BCUT2D eigenvalue weighted by atomic mass is 32.2. The number of carbonyl (C=O) groups is 1. The van der Waals surface area contributed by atoms with Crippen molar-refractivity contribution in [3.05, 3.63) is 83.9 Å². The first kappa shape index (κ1) is 21.1. The molecule has 0 aliphatic heterocycles. The first-order valence-corrected chi connectivity index (χ1v) is 11.4. The monoisotopic (exact) mass is 463 g/mol. The van der Waals surface area contributed by atoms with E-state index < -0.39 is 23.0 Å². The highest BCUT2D eigenvalue weighted by Gasteiger charge is 2.24. The maximum Gasteiger partial charge on any atom is 0.201 e. The number of rotatable bonds is 7. The zero-order chi connectivity index (χ0) is 22.9. The first-order valence-electron chi connectivity index (χ1n) is 10.4. The Labute approximate surface area is 192 Å². The number of aromatic nitrogens is 4. The molecule has 6 nitrogen and oxygen atoms in total. The van der Waals surface area contributed by atoms with Gasteiger partial charge in [0.1, 0.15) is 17.1 Å². The normalized spacial score (nSPS) is 11.4. The zero-order valence-electron chi connectivity index (χ0n) is 17.6. The van der Waals surface area contributed by atoms with Crippen LogP contribution < -0.4 is 4.72 Å². The Morgan fingerprint density at radius 2 is 2.12 bits per heavy atom. The van der Waals surface area contributed by atoms with Crippen molar-refractivity contribution in [2.24, 2.45) is 0 Å². The summed E-state index contributed by atoms with van der Waals surface area (Å²) in [5.41, 5.74) is 2.18. The second-order valence-corrected chi connectivity index (χ2v) is 8.38. The molecule has 5 aromatic rings. The molecule has 33 heavy (non-hydrogen) atoms. The lowest BCUT2D eigenvalue weighted by atomic mass is 10.0. The molecule has 0 aliphatic rings. The molecule has 0 aliphatic carbocycles. The van der Waals surface area contributed by atoms with Crippen LogP contribution in [0.25, 0.3) is 27.9 Å². The van der Waals surface area contributed by atoms with Crippen LogP contribution in [0, 0.1) is 11.6 Å². The Balaban J connectivity index is 1.56. The number of benzene rings is 1. The summed E-state index contributed by atoms with van der Waals surface area (Å²) >= 11 is 1.30. The number of hydrogen-bond donors (Lipinski definition) is 2. The molecule has 1 aromatic carbocycles. The van der Waals surface area contributed by atoms with Gasteiger partial charge in [0.05, 0.1) is 16.9 Å². The lowest BCUT2D eigenvalue weighted by Crippen LogP contribution is -2.09. The fourth-order valence-electron chi connectivity index (χ4n) is 3.61. The Morgan fingerprint density at radius 3 is 2.94 bits per heavy atom. The Bertz CT molecular complexity index is 1460. The summed E-state index contributed by atoms with van der Waals surface area (Å²) in [6.45, 7) is 2.00. The number of anilines is 1. The third-order valence-corrected chi connectivity index (χ3v) is 6.22. The quantitative estimate of drug-likeness (QED) is 0.180. The predicted molar refractivity (Wildman–Crippen MR) is 126 cm³/mol. The van der Waals surface area contributed by atoms with Crippen molar-refractivity contribution in [2.45, 2.75) is 13.3 Å². The van der Waals surface area contributed by atoms with E-state index in [9.17, 15) is 9.18 Å². The van der Waals surface area contributed by atoms with Crippen LogP contribution in [0.4, 0.5) is 14.5 Å². The molecule has 0 saturated heterocycles. The second-order valence-electron chi connectivity index (χ2n) is 7.48. The molecule has 4 aromatic heterocycles. The molecule has 0 bridgehead atoms. The van der Waals surface area contributed by atoms with Crippen LogP contribution >= 0.6 is 11.9 Å². The van der Waals surface area contributed by atoms with Gasteiger partial charge >= 0.3 is 0 Å². The second kappa shape index (κ2) is 8.67. The van der Waals surface area contributed by atoms with Crippen LogP contribution in [0.5, 0.6) is 0 Å². The van der Waals surface area contributed by atoms with Gasteiger partial charge in [-0.2, -0.15) is 0 Å². The number of H-pyrrole nitrogens is 1. The maximum atomic E-state index is 15.1. The number of aromatic amines is 1. The van der Waals surface area contributed by atoms with Gasteiger partial charge in [-0.25, -0.2) is 18.7 Å². The van der Waals surface area contributed by atoms with Crippen LogP contribution in [0.15, 0.2) is 61.2 Å². The first-order chi connectivity index (χ1) is 16.1. The summed E-state index contributed by atoms with van der Waals surface area (Å²) in [5, 5.41) is 0.465. The molecule has 4 heterocycles. The van der Waals surface area contributed by atoms with Gasteiger partial charge in [0, 0.05) is 47.1 Å². The van der Waals surface area contributed by atoms with E-state index in [-0.39, 0.29) is 11.3 Å². The van der Waals surface area contributed by atoms with Crippen molar-refractivity contribution >= 4 is 40.1 Å². The number of ketones is 1. The van der Waals surface area contributed by atoms with E-state index in [1.165, 1.54) is 24.2 Å². The fourth-order valence-corrected chi connectivity index (χ4v) is 4.23. The van der Waals surface area contributed by atoms with Crippen LogP contribution in [0.3, 0.4) is 0 Å². The van der Waals surface area contributed by atoms with Gasteiger partial charge in [0.15, 0.2) is 5.82 Å². The molecule has 0 unspecified atom stereocenters. The molecule has 0 radical (unpaired) electrons. The number of nitrogens with one attached hydrogen (secondary N) is 2. The van der Waals surface area contributed by atoms with E-state index in [2.05, 4.69) is 19.7 Å². The molecule has 5 rings (SSSR count). The molecule has 166 valence electrons. The van der Waals surface area contributed by atoms with Crippen molar-refractivity contribution in [2.75, 3.05) is 10.5 Å². The van der Waals surface area contributed by atoms with Crippen LogP contribution in [0.2, 0.25) is 0 Å². The number of halogens is 2. The predicted octanol–water partition coefficient (Wildman–Crippen LogP) is 5.86. The maximum absolute atomic E-state index is 15.1. The molecular weight excluding hydrogens is 444 g/mol. The van der Waals surface area contributed by atoms with Gasteiger partial charge in [-0.1, -0.05) is 24.9 Å². The van der Waals surface area contributed by atoms with Gasteiger partial charge < -0.3 is 14.1 Å². The van der Waals surface area contributed by atoms with Crippen LogP contribution in [-0.4, -0.2) is 30.9 Å². The van der Waals surface area contributed by atoms with Gasteiger partial charge in [-0.15, -0.1) is 0 Å². The number of pyridine rings is 2. The average molecular weight is 464 g/mol. The SMILES string of the molecule is CCCSNc1ccc(F)c(C(=O)c2c[nH]c3ncc(-c4cn5ccccc5n4)cc23)c1F. The Kier molecular flexibility index (Phi) is 5.55. The summed E-state index contributed by atoms with van der Waals surface area (Å²) < 4.78 is 34.4. The minimum Gasteiger partial charge on any atom is -0.345 e. The van der Waals surface area contributed by atoms with E-state index >= 15 is 4.39 Å². The van der Waals surface area contributed by atoms with E-state index in [1.807, 2.05) is 41.9 Å². The summed E-state index contributed by atoms with van der Waals surface area (Å²) in [5.74, 6) is -1.83. The average Bonchev–Trinajstić information content (AvgIpc) is 3.44. The summed E-state index contributed by atoms with van der Waals surface area (Å²) in [6.07, 6.45) is 7.70. The lowest BCUT2D eigenvalue weighted by molar-refractivity contribution is 0.103. The molecule has 0 saturated carbocycles. The fraction of sp³-hybridized carbons (Fsp3) is 0.125. The van der Waals surface area contributed by atoms with Gasteiger partial charge in [0.25, 0.3) is 0 Å². The van der Waals surface area contributed by atoms with Crippen molar-refractivity contribution in [3.63, 3.8) is 0 Å². The zero-order valence-corrected chi connectivity index (χ0v) is 18.4. The number of carbonyl (C=O) groups excluding carboxylic acids is 1. The molecular formula is C24H19F2N5OS. The molecule has 0 fully saturated rings. The van der Waals surface area contributed by atoms with Crippen LogP contribution in [0.1, 0.15) is 29.3 Å². The summed E-state index contributed by atoms with van der Waals surface area (Å²) in [7, 11) is 0. The number of hydrogen-bond acceptors (Lipinski definition) is 5. The molecule has 0 amide bonds. The van der Waals surface area contributed by atoms with E-state index in [0.717, 1.165) is 23.9 Å². The van der Waals surface area contributed by atoms with Crippen molar-refractivity contribution in [3.8, 4) is 11.3 Å². The van der Waals surface area contributed by atoms with Gasteiger partial charge in [-0.05, 0) is 36.8 Å². The lowest BCUT2D eigenvalue weighted by Gasteiger charge is -2.10.